The van der Waals surface area contributed by atoms with Gasteiger partial charge in [0.2, 0.25) is 0 Å². The third kappa shape index (κ3) is 10.3. The van der Waals surface area contributed by atoms with Crippen LogP contribution in [0.5, 0.6) is 0 Å². The van der Waals surface area contributed by atoms with Crippen LogP contribution in [0.25, 0.3) is 17.5 Å². The molecular weight excluding hydrogens is 755 g/mol. The molecule has 3 aliphatic rings. The van der Waals surface area contributed by atoms with Crippen molar-refractivity contribution in [2.45, 2.75) is 141 Å². The number of amides is 1. The smallest absolute Gasteiger partial charge is 0.408 e. The van der Waals surface area contributed by atoms with Crippen molar-refractivity contribution in [1.82, 2.24) is 25.2 Å². The maximum Gasteiger partial charge on any atom is 0.408 e. The Labute approximate surface area is 349 Å². The summed E-state index contributed by atoms with van der Waals surface area (Å²) in [5.41, 5.74) is 0.421. The summed E-state index contributed by atoms with van der Waals surface area (Å²) in [5, 5.41) is 14.6. The number of ether oxygens (including phenoxy) is 5. The fourth-order valence-corrected chi connectivity index (χ4v) is 9.30. The average Bonchev–Trinajstić information content (AvgIpc) is 3.53. The molecule has 0 aromatic carbocycles. The van der Waals surface area contributed by atoms with Gasteiger partial charge < -0.3 is 39.0 Å². The highest BCUT2D eigenvalue weighted by atomic mass is 16.7. The van der Waals surface area contributed by atoms with E-state index in [9.17, 15) is 19.5 Å². The number of hydrogen-bond acceptors (Lipinski definition) is 13. The second-order valence-corrected chi connectivity index (χ2v) is 17.2. The fraction of sp³-hybridized carbons (Fsp3) is 0.644. The van der Waals surface area contributed by atoms with Crippen molar-refractivity contribution in [1.29, 1.82) is 0 Å². The second kappa shape index (κ2) is 19.5. The lowest BCUT2D eigenvalue weighted by Gasteiger charge is -2.47. The van der Waals surface area contributed by atoms with Crippen LogP contribution in [0.3, 0.4) is 0 Å². The number of ketones is 1. The van der Waals surface area contributed by atoms with E-state index >= 15 is 0 Å². The summed E-state index contributed by atoms with van der Waals surface area (Å²) in [6.07, 6.45) is 11.3. The number of unbranched alkanes of at least 4 members (excludes halogenated alkanes) is 1. The number of cyclic esters (lactones) is 1. The van der Waals surface area contributed by atoms with Gasteiger partial charge in [-0.3, -0.25) is 14.6 Å². The molecule has 2 aromatic rings. The number of nitrogens with zero attached hydrogens (tertiary/aromatic N) is 4. The first-order valence-corrected chi connectivity index (χ1v) is 21.0. The first-order valence-electron chi connectivity index (χ1n) is 21.0. The maximum atomic E-state index is 14.4. The van der Waals surface area contributed by atoms with E-state index in [1.807, 2.05) is 51.9 Å². The number of hydrogen-bond donors (Lipinski definition) is 2. The van der Waals surface area contributed by atoms with Crippen molar-refractivity contribution in [3.05, 3.63) is 60.2 Å². The molecule has 14 heteroatoms. The van der Waals surface area contributed by atoms with Crippen LogP contribution in [-0.2, 0) is 33.3 Å². The molecule has 2 N–H and O–H groups in total. The van der Waals surface area contributed by atoms with E-state index in [0.717, 1.165) is 16.7 Å². The molecule has 3 saturated heterocycles. The van der Waals surface area contributed by atoms with Gasteiger partial charge in [0.05, 0.1) is 23.9 Å². The van der Waals surface area contributed by atoms with Crippen LogP contribution >= 0.6 is 0 Å². The maximum absolute atomic E-state index is 14.4. The van der Waals surface area contributed by atoms with Gasteiger partial charge in [-0.15, -0.1) is 0 Å². The summed E-state index contributed by atoms with van der Waals surface area (Å²) in [5.74, 6) is -3.02. The Morgan fingerprint density at radius 3 is 2.41 bits per heavy atom. The molecule has 0 spiro atoms. The molecule has 14 nitrogen and oxygen atoms in total. The Kier molecular flexibility index (Phi) is 15.2. The van der Waals surface area contributed by atoms with Crippen LogP contribution < -0.4 is 5.32 Å². The lowest BCUT2D eigenvalue weighted by Crippen LogP contribution is -2.59. The third-order valence-electron chi connectivity index (χ3n) is 12.7. The van der Waals surface area contributed by atoms with Crippen LogP contribution in [0.15, 0.2) is 54.6 Å². The van der Waals surface area contributed by atoms with E-state index in [4.69, 9.17) is 23.7 Å². The summed E-state index contributed by atoms with van der Waals surface area (Å²) in [6, 6.07) is 2.95. The average molecular weight is 820 g/mol. The van der Waals surface area contributed by atoms with Crippen LogP contribution in [0.1, 0.15) is 93.1 Å². The molecule has 5 rings (SSSR count). The number of fused-ring (bicyclic) bond motifs is 1. The van der Waals surface area contributed by atoms with E-state index in [2.05, 4.69) is 46.3 Å². The predicted octanol–water partition coefficient (Wildman–Crippen LogP) is 6.18. The molecule has 0 aliphatic carbocycles. The first-order chi connectivity index (χ1) is 27.9. The van der Waals surface area contributed by atoms with Gasteiger partial charge in [0.1, 0.15) is 18.1 Å². The number of methoxy groups -OCH3 is 1. The van der Waals surface area contributed by atoms with Crippen LogP contribution in [0, 0.1) is 23.7 Å². The standard InChI is InChI=1S/C45H65N5O9/c1-12-35-45(8)38(49-43(54)59-45)28(4)33(18-15-13-14-17-31-22-32(25-46-24-31)40-47-19-16-20-48-40)26(2)23-44(7,55-11)39(29(5)36(51)30(6)41(53)57-35)58-42-37(52)34(50(9)10)21-27(3)56-42/h14,16-20,22,24-30,34-35,37-39,42,52H,12-13,15,21,23H2,1-11H3,(H,49,54)/b17-14+,33-18+/t26-,27-,28+,29+,30-,34+,35-,37-,38+,39-,42?,44-,45-/m1/s1. The minimum Gasteiger partial charge on any atom is -0.458 e. The lowest BCUT2D eigenvalue weighted by atomic mass is 9.71. The predicted molar refractivity (Wildman–Crippen MR) is 223 cm³/mol. The van der Waals surface area contributed by atoms with Crippen molar-refractivity contribution in [2.75, 3.05) is 21.2 Å². The van der Waals surface area contributed by atoms with Gasteiger partial charge in [0.15, 0.2) is 23.5 Å². The summed E-state index contributed by atoms with van der Waals surface area (Å²) >= 11 is 0. The number of aliphatic hydroxyl groups is 1. The Balaban J connectivity index is 1.52. The van der Waals surface area contributed by atoms with E-state index in [1.165, 1.54) is 6.92 Å². The van der Waals surface area contributed by atoms with Crippen LogP contribution in [0.2, 0.25) is 0 Å². The number of allylic oxidation sites excluding steroid dienone is 2. The topological polar surface area (TPSA) is 172 Å². The zero-order valence-electron chi connectivity index (χ0n) is 36.6. The van der Waals surface area contributed by atoms with Gasteiger partial charge in [-0.2, -0.15) is 0 Å². The van der Waals surface area contributed by atoms with E-state index in [1.54, 1.807) is 51.8 Å². The molecule has 0 bridgehead atoms. The normalized spacial score (nSPS) is 36.9. The largest absolute Gasteiger partial charge is 0.458 e. The summed E-state index contributed by atoms with van der Waals surface area (Å²) in [4.78, 5) is 56.4. The van der Waals surface area contributed by atoms with Crippen molar-refractivity contribution in [2.24, 2.45) is 23.7 Å². The number of carbonyl (C=O) groups is 3. The number of esters is 1. The van der Waals surface area contributed by atoms with Gasteiger partial charge in [-0.25, -0.2) is 14.8 Å². The van der Waals surface area contributed by atoms with Crippen molar-refractivity contribution >= 4 is 23.9 Å². The van der Waals surface area contributed by atoms with Gasteiger partial charge in [-0.05, 0) is 97.5 Å². The highest BCUT2D eigenvalue weighted by molar-refractivity contribution is 6.00. The van der Waals surface area contributed by atoms with Crippen molar-refractivity contribution in [3.8, 4) is 11.4 Å². The zero-order chi connectivity index (χ0) is 43.2. The van der Waals surface area contributed by atoms with Crippen LogP contribution in [0.4, 0.5) is 4.79 Å². The summed E-state index contributed by atoms with van der Waals surface area (Å²) < 4.78 is 31.5. The number of nitrogens with one attached hydrogen (secondary N) is 1. The molecule has 1 unspecified atom stereocenters. The van der Waals surface area contributed by atoms with Crippen LogP contribution in [-0.4, -0.2) is 118 Å². The SMILES string of the molecule is CC[C@H]1OC(=O)[C@H](C)C(=O)[C@H](C)[C@@H](OC2O[C@H](C)C[C@H](N(C)C)[C@H]2O)[C@](C)(OC)C[C@@H](C)/C(=C\CC/C=C/c2cncc(-c3ncccn3)c2)[C@H](C)[C@@H]2NC(=O)O[C@]12C. The van der Waals surface area contributed by atoms with Gasteiger partial charge in [0.25, 0.3) is 0 Å². The summed E-state index contributed by atoms with van der Waals surface area (Å²) in [6.45, 7) is 14.9. The van der Waals surface area contributed by atoms with E-state index in [0.29, 0.717) is 37.9 Å². The van der Waals surface area contributed by atoms with Gasteiger partial charge in [0, 0.05) is 55.3 Å². The highest BCUT2D eigenvalue weighted by Crippen LogP contribution is 2.43. The minimum atomic E-state index is -1.23. The quantitative estimate of drug-likeness (QED) is 0.121. The van der Waals surface area contributed by atoms with Gasteiger partial charge in [-0.1, -0.05) is 51.5 Å². The Hall–Kier alpha value is -4.08. The molecule has 5 heterocycles. The molecule has 3 fully saturated rings. The van der Waals surface area contributed by atoms with Crippen molar-refractivity contribution < 1.29 is 43.2 Å². The number of alkyl carbamates (subject to hydrolysis) is 1. The number of likely N-dealkylation sites (N-methyl/N-ethyl adjacent to an activating group) is 1. The Morgan fingerprint density at radius 2 is 1.75 bits per heavy atom. The summed E-state index contributed by atoms with van der Waals surface area (Å²) in [7, 11) is 5.39. The molecule has 13 atom stereocenters. The molecule has 1 amide bonds. The molecule has 324 valence electrons. The number of pyridine rings is 1. The van der Waals surface area contributed by atoms with Gasteiger partial charge >= 0.3 is 12.1 Å². The minimum absolute atomic E-state index is 0.172. The number of rotatable bonds is 10. The second-order valence-electron chi connectivity index (χ2n) is 17.2. The molecule has 59 heavy (non-hydrogen) atoms. The van der Waals surface area contributed by atoms with Crippen molar-refractivity contribution in [3.63, 3.8) is 0 Å². The molecule has 2 aromatic heterocycles. The number of carbonyl (C=O) groups excluding carboxylic acids is 3. The monoisotopic (exact) mass is 819 g/mol. The number of aromatic nitrogens is 3. The zero-order valence-corrected chi connectivity index (χ0v) is 36.6. The Bertz CT molecular complexity index is 1830. The first kappa shape index (κ1) is 46.0. The number of Topliss-reactive ketones (excluding diaryl/α,β-unsaturated/α-hetero) is 1. The Morgan fingerprint density at radius 1 is 1.03 bits per heavy atom. The third-order valence-corrected chi connectivity index (χ3v) is 12.7. The molecule has 3 aliphatic heterocycles. The molecular formula is C45H65N5O9. The van der Waals surface area contributed by atoms with E-state index in [-0.39, 0.29) is 24.0 Å². The van der Waals surface area contributed by atoms with E-state index < -0.39 is 71.5 Å². The molecule has 0 radical (unpaired) electrons. The lowest BCUT2D eigenvalue weighted by molar-refractivity contribution is -0.295. The highest BCUT2D eigenvalue weighted by Gasteiger charge is 2.56. The number of aliphatic hydroxyl groups excluding tert-OH is 1. The fourth-order valence-electron chi connectivity index (χ4n) is 9.30. The molecule has 0 saturated carbocycles.